The van der Waals surface area contributed by atoms with Crippen molar-refractivity contribution in [3.8, 4) is 0 Å². The third-order valence-corrected chi connectivity index (χ3v) is 6.19. The van der Waals surface area contributed by atoms with Crippen LogP contribution in [0.1, 0.15) is 28.1 Å². The molecule has 3 heterocycles. The zero-order valence-electron chi connectivity index (χ0n) is 17.7. The number of rotatable bonds is 6. The van der Waals surface area contributed by atoms with Gasteiger partial charge in [0.05, 0.1) is 16.6 Å². The van der Waals surface area contributed by atoms with Gasteiger partial charge in [-0.1, -0.05) is 36.4 Å². The lowest BCUT2D eigenvalue weighted by Crippen LogP contribution is -2.53. The van der Waals surface area contributed by atoms with Crippen molar-refractivity contribution in [1.29, 1.82) is 0 Å². The summed E-state index contributed by atoms with van der Waals surface area (Å²) >= 11 is 0. The Bertz CT molecular complexity index is 1330. The molecule has 2 aromatic carbocycles. The molecule has 0 N–H and O–H groups in total. The Morgan fingerprint density at radius 1 is 1.09 bits per heavy atom. The third kappa shape index (κ3) is 2.48. The molecule has 7 nitrogen and oxygen atoms in total. The van der Waals surface area contributed by atoms with E-state index in [1.54, 1.807) is 48.4 Å². The molecule has 2 amide bonds. The number of carbonyl (C=O) groups excluding carboxylic acids is 2. The fourth-order valence-electron chi connectivity index (χ4n) is 4.91. The van der Waals surface area contributed by atoms with Crippen LogP contribution in [0.3, 0.4) is 0 Å². The minimum absolute atomic E-state index is 0.0743. The molecule has 0 saturated carbocycles. The molecule has 2 aliphatic heterocycles. The van der Waals surface area contributed by atoms with Gasteiger partial charge in [-0.15, -0.1) is 6.58 Å². The number of anilines is 1. The van der Waals surface area contributed by atoms with E-state index in [4.69, 9.17) is 9.15 Å². The molecule has 1 spiro atoms. The van der Waals surface area contributed by atoms with Crippen LogP contribution in [0, 0.1) is 0 Å². The van der Waals surface area contributed by atoms with E-state index in [9.17, 15) is 14.4 Å². The van der Waals surface area contributed by atoms with E-state index in [1.165, 1.54) is 4.90 Å². The highest BCUT2D eigenvalue weighted by atomic mass is 16.5. The van der Waals surface area contributed by atoms with Crippen molar-refractivity contribution in [1.82, 2.24) is 4.90 Å². The van der Waals surface area contributed by atoms with Crippen molar-refractivity contribution >= 4 is 28.5 Å². The summed E-state index contributed by atoms with van der Waals surface area (Å²) in [6, 6.07) is 14.0. The maximum atomic E-state index is 14.1. The van der Waals surface area contributed by atoms with Gasteiger partial charge >= 0.3 is 0 Å². The first-order chi connectivity index (χ1) is 15.6. The van der Waals surface area contributed by atoms with Gasteiger partial charge in [-0.3, -0.25) is 14.4 Å². The molecule has 7 heteroatoms. The van der Waals surface area contributed by atoms with Crippen LogP contribution in [0.15, 0.2) is 70.4 Å². The summed E-state index contributed by atoms with van der Waals surface area (Å²) < 4.78 is 11.1. The van der Waals surface area contributed by atoms with Crippen molar-refractivity contribution in [3.63, 3.8) is 0 Å². The molecule has 5 rings (SSSR count). The molecule has 1 aromatic heterocycles. The van der Waals surface area contributed by atoms with Crippen molar-refractivity contribution < 1.29 is 18.7 Å². The number of para-hydroxylation sites is 2. The lowest BCUT2D eigenvalue weighted by molar-refractivity contribution is -0.126. The van der Waals surface area contributed by atoms with Crippen LogP contribution >= 0.6 is 0 Å². The van der Waals surface area contributed by atoms with Crippen LogP contribution in [0.4, 0.5) is 5.69 Å². The second-order valence-corrected chi connectivity index (χ2v) is 7.87. The zero-order valence-corrected chi connectivity index (χ0v) is 17.7. The Hall–Kier alpha value is -3.71. The van der Waals surface area contributed by atoms with E-state index in [2.05, 4.69) is 6.58 Å². The zero-order chi connectivity index (χ0) is 22.5. The number of ether oxygens (including phenoxy) is 1. The summed E-state index contributed by atoms with van der Waals surface area (Å²) in [7, 11) is 1.58. The molecular formula is C25H22N2O5. The van der Waals surface area contributed by atoms with Gasteiger partial charge in [-0.05, 0) is 24.6 Å². The first-order valence-corrected chi connectivity index (χ1v) is 10.5. The quantitative estimate of drug-likeness (QED) is 0.444. The lowest BCUT2D eigenvalue weighted by Gasteiger charge is -2.34. The van der Waals surface area contributed by atoms with Gasteiger partial charge in [0.2, 0.25) is 5.76 Å². The number of benzene rings is 2. The summed E-state index contributed by atoms with van der Waals surface area (Å²) in [5.74, 6) is -0.900. The van der Waals surface area contributed by atoms with Gasteiger partial charge in [-0.25, -0.2) is 0 Å². The van der Waals surface area contributed by atoms with Gasteiger partial charge in [0.1, 0.15) is 5.58 Å². The number of fused-ring (bicyclic) bond motifs is 5. The highest BCUT2D eigenvalue weighted by Crippen LogP contribution is 2.52. The van der Waals surface area contributed by atoms with Crippen molar-refractivity contribution in [3.05, 3.63) is 88.3 Å². The van der Waals surface area contributed by atoms with Gasteiger partial charge in [0, 0.05) is 32.4 Å². The van der Waals surface area contributed by atoms with Gasteiger partial charge in [-0.2, -0.15) is 0 Å². The van der Waals surface area contributed by atoms with E-state index in [1.807, 2.05) is 18.2 Å². The van der Waals surface area contributed by atoms with Crippen LogP contribution in [-0.4, -0.2) is 43.5 Å². The van der Waals surface area contributed by atoms with E-state index in [0.29, 0.717) is 35.2 Å². The van der Waals surface area contributed by atoms with Crippen LogP contribution in [0.25, 0.3) is 11.0 Å². The van der Waals surface area contributed by atoms with Crippen LogP contribution < -0.4 is 10.3 Å². The lowest BCUT2D eigenvalue weighted by atomic mass is 9.84. The first kappa shape index (κ1) is 20.2. The molecule has 0 radical (unpaired) electrons. The molecule has 162 valence electrons. The third-order valence-electron chi connectivity index (χ3n) is 6.19. The Kier molecular flexibility index (Phi) is 4.71. The van der Waals surface area contributed by atoms with E-state index >= 15 is 0 Å². The average molecular weight is 430 g/mol. The normalized spacial score (nSPS) is 19.2. The molecular weight excluding hydrogens is 408 g/mol. The number of hydrogen-bond donors (Lipinski definition) is 0. The smallest absolute Gasteiger partial charge is 0.291 e. The summed E-state index contributed by atoms with van der Waals surface area (Å²) in [6.07, 6.45) is 2.13. The molecule has 3 aromatic rings. The predicted molar refractivity (Wildman–Crippen MR) is 120 cm³/mol. The Labute approximate surface area is 184 Å². The molecule has 0 saturated heterocycles. The SMILES string of the molecule is C=CCN1C(=O)[C@@]2(c3ccccc31)c1c(oc3ccccc3c1=O)C(=O)N2CCCOC. The largest absolute Gasteiger partial charge is 0.450 e. The van der Waals surface area contributed by atoms with Crippen molar-refractivity contribution in [2.45, 2.75) is 12.0 Å². The summed E-state index contributed by atoms with van der Waals surface area (Å²) in [5, 5.41) is 0.338. The van der Waals surface area contributed by atoms with E-state index in [-0.39, 0.29) is 35.7 Å². The van der Waals surface area contributed by atoms with Crippen molar-refractivity contribution in [2.75, 3.05) is 31.7 Å². The van der Waals surface area contributed by atoms with Gasteiger partial charge in [0.15, 0.2) is 11.0 Å². The topological polar surface area (TPSA) is 80.1 Å². The molecule has 1 atom stereocenters. The van der Waals surface area contributed by atoms with Crippen molar-refractivity contribution in [2.24, 2.45) is 0 Å². The molecule has 2 aliphatic rings. The van der Waals surface area contributed by atoms with Crippen LogP contribution in [-0.2, 0) is 15.1 Å². The summed E-state index contributed by atoms with van der Waals surface area (Å²) in [5.41, 5.74) is -0.290. The molecule has 0 aliphatic carbocycles. The number of carbonyl (C=O) groups is 2. The number of nitrogens with zero attached hydrogens (tertiary/aromatic N) is 2. The maximum Gasteiger partial charge on any atom is 0.291 e. The summed E-state index contributed by atoms with van der Waals surface area (Å²) in [6.45, 7) is 4.67. The van der Waals surface area contributed by atoms with E-state index in [0.717, 1.165) is 0 Å². The van der Waals surface area contributed by atoms with Gasteiger partial charge < -0.3 is 19.0 Å². The fourth-order valence-corrected chi connectivity index (χ4v) is 4.91. The Morgan fingerprint density at radius 2 is 1.84 bits per heavy atom. The standard InChI is InChI=1S/C25H22N2O5/c1-3-13-26-18-11-6-5-10-17(18)25(24(26)30)20-21(28)16-9-4-7-12-19(16)32-22(20)23(29)27(25)14-8-15-31-2/h3-7,9-12H,1,8,13-15H2,2H3/t25-/m1/s1. The van der Waals surface area contributed by atoms with Crippen LogP contribution in [0.5, 0.6) is 0 Å². The van der Waals surface area contributed by atoms with E-state index < -0.39 is 11.4 Å². The highest BCUT2D eigenvalue weighted by molar-refractivity contribution is 6.17. The molecule has 0 bridgehead atoms. The first-order valence-electron chi connectivity index (χ1n) is 10.5. The Balaban J connectivity index is 1.86. The number of amides is 2. The monoisotopic (exact) mass is 430 g/mol. The second kappa shape index (κ2) is 7.46. The molecule has 32 heavy (non-hydrogen) atoms. The molecule has 0 fully saturated rings. The predicted octanol–water partition coefficient (Wildman–Crippen LogP) is 3.06. The highest BCUT2D eigenvalue weighted by Gasteiger charge is 2.64. The number of methoxy groups -OCH3 is 1. The second-order valence-electron chi connectivity index (χ2n) is 7.87. The molecule has 0 unspecified atom stereocenters. The summed E-state index contributed by atoms with van der Waals surface area (Å²) in [4.78, 5) is 44.5. The van der Waals surface area contributed by atoms with Gasteiger partial charge in [0.25, 0.3) is 11.8 Å². The number of hydrogen-bond acceptors (Lipinski definition) is 5. The minimum atomic E-state index is -1.58. The fraction of sp³-hybridized carbons (Fsp3) is 0.240. The maximum absolute atomic E-state index is 14.1. The average Bonchev–Trinajstić information content (AvgIpc) is 3.20. The van der Waals surface area contributed by atoms with Crippen LogP contribution in [0.2, 0.25) is 0 Å². The minimum Gasteiger partial charge on any atom is -0.450 e. The Morgan fingerprint density at radius 3 is 2.62 bits per heavy atom.